The molecule has 2 rings (SSSR count). The van der Waals surface area contributed by atoms with E-state index < -0.39 is 6.09 Å². The zero-order valence-corrected chi connectivity index (χ0v) is 12.4. The number of carbonyl (C=O) groups excluding carboxylic acids is 1. The van der Waals surface area contributed by atoms with Gasteiger partial charge in [0.25, 0.3) is 0 Å². The van der Waals surface area contributed by atoms with E-state index in [0.29, 0.717) is 5.56 Å². The van der Waals surface area contributed by atoms with Crippen molar-refractivity contribution in [2.45, 2.75) is 19.9 Å². The lowest BCUT2D eigenvalue weighted by Crippen LogP contribution is -2.47. The number of rotatable bonds is 1. The highest BCUT2D eigenvalue weighted by atomic mass is 79.9. The van der Waals surface area contributed by atoms with Gasteiger partial charge in [0.2, 0.25) is 0 Å². The van der Waals surface area contributed by atoms with Gasteiger partial charge in [-0.15, -0.1) is 12.4 Å². The maximum absolute atomic E-state index is 13.8. The van der Waals surface area contributed by atoms with E-state index in [-0.39, 0.29) is 36.3 Å². The number of ether oxygens (including phenoxy) is 1. The minimum absolute atomic E-state index is 0. The van der Waals surface area contributed by atoms with Crippen LogP contribution in [0.2, 0.25) is 0 Å². The molecule has 0 radical (unpaired) electrons. The zero-order chi connectivity index (χ0) is 12.6. The lowest BCUT2D eigenvalue weighted by molar-refractivity contribution is 0.0377. The first kappa shape index (κ1) is 15.2. The minimum atomic E-state index is -0.506. The van der Waals surface area contributed by atoms with Crippen LogP contribution in [0.5, 0.6) is 0 Å². The third kappa shape index (κ3) is 2.95. The second-order valence-electron chi connectivity index (χ2n) is 4.81. The minimum Gasteiger partial charge on any atom is -0.449 e. The molecular formula is C12H14BrClFNO2. The Morgan fingerprint density at radius 3 is 2.83 bits per heavy atom. The largest absolute Gasteiger partial charge is 0.449 e. The van der Waals surface area contributed by atoms with Crippen LogP contribution in [0.4, 0.5) is 9.18 Å². The van der Waals surface area contributed by atoms with Gasteiger partial charge in [-0.1, -0.05) is 29.8 Å². The maximum Gasteiger partial charge on any atom is 0.407 e. The highest BCUT2D eigenvalue weighted by Crippen LogP contribution is 2.38. The van der Waals surface area contributed by atoms with E-state index in [1.165, 1.54) is 6.07 Å². The van der Waals surface area contributed by atoms with E-state index in [0.717, 1.165) is 4.47 Å². The number of halogens is 3. The van der Waals surface area contributed by atoms with E-state index >= 15 is 0 Å². The summed E-state index contributed by atoms with van der Waals surface area (Å²) in [6.07, 6.45) is -0.506. The molecule has 0 bridgehead atoms. The quantitative estimate of drug-likeness (QED) is 0.845. The summed E-state index contributed by atoms with van der Waals surface area (Å²) in [5.41, 5.74) is 0.122. The second-order valence-corrected chi connectivity index (χ2v) is 5.72. The molecule has 100 valence electrons. The summed E-state index contributed by atoms with van der Waals surface area (Å²) in [6.45, 7) is 4.13. The number of hydrogen-bond donors (Lipinski definition) is 1. The molecule has 3 nitrogen and oxygen atoms in total. The van der Waals surface area contributed by atoms with Gasteiger partial charge in [0.05, 0.1) is 6.04 Å². The van der Waals surface area contributed by atoms with Crippen LogP contribution in [-0.4, -0.2) is 12.7 Å². The lowest BCUT2D eigenvalue weighted by Gasteiger charge is -2.38. The van der Waals surface area contributed by atoms with Crippen molar-refractivity contribution >= 4 is 34.4 Å². The molecule has 1 aliphatic heterocycles. The molecule has 0 spiro atoms. The standard InChI is InChI=1S/C12H13BrFNO2.ClH/c1-12(2)6-17-11(16)15-10(12)8-5-7(13)3-4-9(8)14;/h3-5,10H,6H2,1-2H3,(H,15,16);1H/t10-;/m1./s1. The van der Waals surface area contributed by atoms with Crippen molar-refractivity contribution < 1.29 is 13.9 Å². The van der Waals surface area contributed by atoms with Gasteiger partial charge in [-0.25, -0.2) is 9.18 Å². The molecule has 1 aromatic carbocycles. The van der Waals surface area contributed by atoms with Gasteiger partial charge in [0, 0.05) is 15.5 Å². The Hall–Kier alpha value is -0.810. The molecule has 1 amide bonds. The summed E-state index contributed by atoms with van der Waals surface area (Å²) in [6, 6.07) is 4.32. The molecule has 1 aromatic rings. The first-order chi connectivity index (χ1) is 7.90. The highest BCUT2D eigenvalue weighted by Gasteiger charge is 2.39. The number of carbonyl (C=O) groups is 1. The summed E-state index contributed by atoms with van der Waals surface area (Å²) < 4.78 is 19.5. The smallest absolute Gasteiger partial charge is 0.407 e. The third-order valence-electron chi connectivity index (χ3n) is 2.89. The fourth-order valence-corrected chi connectivity index (χ4v) is 2.30. The van der Waals surface area contributed by atoms with Crippen LogP contribution < -0.4 is 5.32 Å². The first-order valence-electron chi connectivity index (χ1n) is 5.28. The van der Waals surface area contributed by atoms with Crippen LogP contribution in [0.3, 0.4) is 0 Å². The molecule has 0 unspecified atom stereocenters. The van der Waals surface area contributed by atoms with Gasteiger partial charge in [0.1, 0.15) is 12.4 Å². The number of cyclic esters (lactones) is 1. The monoisotopic (exact) mass is 337 g/mol. The van der Waals surface area contributed by atoms with E-state index in [1.807, 2.05) is 13.8 Å². The normalized spacial score (nSPS) is 21.6. The van der Waals surface area contributed by atoms with Crippen molar-refractivity contribution in [2.75, 3.05) is 6.61 Å². The van der Waals surface area contributed by atoms with Gasteiger partial charge in [0.15, 0.2) is 0 Å². The SMILES string of the molecule is CC1(C)COC(=O)N[C@@H]1c1cc(Br)ccc1F.Cl. The Balaban J connectivity index is 0.00000162. The van der Waals surface area contributed by atoms with Crippen molar-refractivity contribution in [1.82, 2.24) is 5.32 Å². The summed E-state index contributed by atoms with van der Waals surface area (Å²) in [4.78, 5) is 11.3. The Morgan fingerprint density at radius 1 is 1.50 bits per heavy atom. The fraction of sp³-hybridized carbons (Fsp3) is 0.417. The van der Waals surface area contributed by atoms with E-state index in [9.17, 15) is 9.18 Å². The molecule has 1 fully saturated rings. The molecule has 18 heavy (non-hydrogen) atoms. The van der Waals surface area contributed by atoms with Crippen LogP contribution >= 0.6 is 28.3 Å². The van der Waals surface area contributed by atoms with Gasteiger partial charge in [-0.3, -0.25) is 0 Å². The summed E-state index contributed by atoms with van der Waals surface area (Å²) in [7, 11) is 0. The fourth-order valence-electron chi connectivity index (χ4n) is 1.92. The summed E-state index contributed by atoms with van der Waals surface area (Å²) >= 11 is 3.30. The maximum atomic E-state index is 13.8. The van der Waals surface area contributed by atoms with Gasteiger partial charge >= 0.3 is 6.09 Å². The first-order valence-corrected chi connectivity index (χ1v) is 6.08. The number of hydrogen-bond acceptors (Lipinski definition) is 2. The van der Waals surface area contributed by atoms with Crippen LogP contribution in [0.25, 0.3) is 0 Å². The Labute approximate surface area is 120 Å². The highest BCUT2D eigenvalue weighted by molar-refractivity contribution is 9.10. The number of amides is 1. The Kier molecular flexibility index (Phi) is 4.61. The number of alkyl carbamates (subject to hydrolysis) is 1. The van der Waals surface area contributed by atoms with Crippen molar-refractivity contribution in [3.05, 3.63) is 34.1 Å². The molecule has 0 saturated carbocycles. The van der Waals surface area contributed by atoms with Crippen molar-refractivity contribution in [3.8, 4) is 0 Å². The van der Waals surface area contributed by atoms with Crippen LogP contribution in [0.15, 0.2) is 22.7 Å². The zero-order valence-electron chi connectivity index (χ0n) is 10.00. The molecule has 1 atom stereocenters. The van der Waals surface area contributed by atoms with Gasteiger partial charge < -0.3 is 10.1 Å². The molecule has 1 heterocycles. The van der Waals surface area contributed by atoms with Crippen LogP contribution in [-0.2, 0) is 4.74 Å². The number of benzene rings is 1. The topological polar surface area (TPSA) is 38.3 Å². The molecular weight excluding hydrogens is 324 g/mol. The average molecular weight is 339 g/mol. The van der Waals surface area contributed by atoms with Crippen molar-refractivity contribution in [3.63, 3.8) is 0 Å². The van der Waals surface area contributed by atoms with Crippen molar-refractivity contribution in [2.24, 2.45) is 5.41 Å². The predicted octanol–water partition coefficient (Wildman–Crippen LogP) is 3.82. The molecule has 0 aromatic heterocycles. The van der Waals surface area contributed by atoms with E-state index in [2.05, 4.69) is 21.2 Å². The summed E-state index contributed by atoms with van der Waals surface area (Å²) in [5.74, 6) is -0.325. The molecule has 1 N–H and O–H groups in total. The number of nitrogens with one attached hydrogen (secondary N) is 1. The van der Waals surface area contributed by atoms with Crippen molar-refractivity contribution in [1.29, 1.82) is 0 Å². The van der Waals surface area contributed by atoms with E-state index in [1.54, 1.807) is 12.1 Å². The Bertz CT molecular complexity index is 467. The van der Waals surface area contributed by atoms with Gasteiger partial charge in [-0.2, -0.15) is 0 Å². The lowest BCUT2D eigenvalue weighted by atomic mass is 9.80. The van der Waals surface area contributed by atoms with Crippen LogP contribution in [0.1, 0.15) is 25.5 Å². The molecule has 1 aliphatic rings. The average Bonchev–Trinajstić information content (AvgIpc) is 2.26. The molecule has 1 saturated heterocycles. The van der Waals surface area contributed by atoms with Crippen LogP contribution in [0, 0.1) is 11.2 Å². The van der Waals surface area contributed by atoms with Gasteiger partial charge in [-0.05, 0) is 18.2 Å². The summed E-state index contributed by atoms with van der Waals surface area (Å²) in [5, 5.41) is 2.67. The van der Waals surface area contributed by atoms with E-state index in [4.69, 9.17) is 4.74 Å². The molecule has 0 aliphatic carbocycles. The second kappa shape index (κ2) is 5.45. The predicted molar refractivity (Wildman–Crippen MR) is 72.4 cm³/mol. The molecule has 6 heteroatoms. The Morgan fingerprint density at radius 2 is 2.17 bits per heavy atom. The third-order valence-corrected chi connectivity index (χ3v) is 3.38.